The third-order valence-corrected chi connectivity index (χ3v) is 14.0. The highest BCUT2D eigenvalue weighted by Gasteiger charge is 2.45. The van der Waals surface area contributed by atoms with Crippen molar-refractivity contribution in [2.24, 2.45) is 0 Å². The van der Waals surface area contributed by atoms with E-state index in [2.05, 4.69) is 199 Å². The van der Waals surface area contributed by atoms with Gasteiger partial charge in [-0.05, 0) is 111 Å². The Morgan fingerprint density at radius 1 is 0.525 bits per heavy atom. The maximum absolute atomic E-state index is 6.65. The van der Waals surface area contributed by atoms with Gasteiger partial charge in [0.25, 0.3) is 0 Å². The first-order valence-corrected chi connectivity index (χ1v) is 22.3. The van der Waals surface area contributed by atoms with Crippen LogP contribution < -0.4 is 4.90 Å². The molecule has 294 valence electrons. The molecule has 0 N–H and O–H groups in total. The lowest BCUT2D eigenvalue weighted by Gasteiger charge is -2.34. The topological polar surface area (TPSA) is 16.4 Å². The summed E-state index contributed by atoms with van der Waals surface area (Å²) in [5, 5.41) is 3.88. The molecule has 12 rings (SSSR count). The third-order valence-electron chi connectivity index (χ3n) is 14.0. The molecule has 8 aromatic carbocycles. The van der Waals surface area contributed by atoms with E-state index in [1.54, 1.807) is 0 Å². The molecule has 0 saturated heterocycles. The second-order valence-corrected chi connectivity index (χ2v) is 17.3. The van der Waals surface area contributed by atoms with Gasteiger partial charge in [-0.1, -0.05) is 177 Å². The number of nitrogens with zero attached hydrogens (tertiary/aromatic N) is 1. The van der Waals surface area contributed by atoms with Gasteiger partial charge in [0.15, 0.2) is 0 Å². The predicted molar refractivity (Wildman–Crippen MR) is 254 cm³/mol. The van der Waals surface area contributed by atoms with E-state index in [4.69, 9.17) is 4.42 Å². The Bertz CT molecular complexity index is 3070. The zero-order valence-electron chi connectivity index (χ0n) is 34.4. The van der Waals surface area contributed by atoms with Crippen LogP contribution in [0.3, 0.4) is 0 Å². The number of aryl methyl sites for hydroxylation is 1. The van der Waals surface area contributed by atoms with Crippen LogP contribution in [0.2, 0.25) is 0 Å². The molecule has 0 aliphatic heterocycles. The highest BCUT2D eigenvalue weighted by Crippen LogP contribution is 2.56. The Balaban J connectivity index is 1.07. The summed E-state index contributed by atoms with van der Waals surface area (Å²) in [4.78, 5) is 2.46. The molecule has 0 amide bonds. The van der Waals surface area contributed by atoms with Crippen LogP contribution in [0.1, 0.15) is 83.6 Å². The van der Waals surface area contributed by atoms with Crippen LogP contribution in [-0.2, 0) is 11.8 Å². The van der Waals surface area contributed by atoms with E-state index in [-0.39, 0.29) is 0 Å². The molecule has 0 unspecified atom stereocenters. The maximum Gasteiger partial charge on any atom is 0.137 e. The van der Waals surface area contributed by atoms with Crippen LogP contribution >= 0.6 is 0 Å². The van der Waals surface area contributed by atoms with E-state index in [1.165, 1.54) is 104 Å². The van der Waals surface area contributed by atoms with E-state index in [0.29, 0.717) is 5.92 Å². The molecule has 61 heavy (non-hydrogen) atoms. The lowest BCUT2D eigenvalue weighted by atomic mass is 9.68. The summed E-state index contributed by atoms with van der Waals surface area (Å²) in [6.07, 6.45) is 12.9. The minimum absolute atomic E-state index is 0.464. The largest absolute Gasteiger partial charge is 0.460 e. The summed E-state index contributed by atoms with van der Waals surface area (Å²) in [7, 11) is 0. The first kappa shape index (κ1) is 36.0. The maximum atomic E-state index is 6.65. The number of hydrogen-bond acceptors (Lipinski definition) is 2. The second-order valence-electron chi connectivity index (χ2n) is 17.3. The van der Waals surface area contributed by atoms with Gasteiger partial charge in [0.05, 0.1) is 11.1 Å². The summed E-state index contributed by atoms with van der Waals surface area (Å²) >= 11 is 0. The van der Waals surface area contributed by atoms with Gasteiger partial charge in [-0.3, -0.25) is 0 Å². The van der Waals surface area contributed by atoms with Crippen molar-refractivity contribution in [2.75, 3.05) is 4.90 Å². The van der Waals surface area contributed by atoms with E-state index >= 15 is 0 Å². The molecular formula is C59H47NO. The Hall–Kier alpha value is -6.90. The number of rotatable bonds is 7. The molecule has 0 bridgehead atoms. The molecule has 3 aliphatic rings. The average molecular weight is 786 g/mol. The van der Waals surface area contributed by atoms with E-state index in [1.807, 2.05) is 0 Å². The van der Waals surface area contributed by atoms with Crippen molar-refractivity contribution in [1.29, 1.82) is 0 Å². The van der Waals surface area contributed by atoms with Crippen molar-refractivity contribution in [3.63, 3.8) is 0 Å². The van der Waals surface area contributed by atoms with Gasteiger partial charge in [0.2, 0.25) is 0 Å². The van der Waals surface area contributed by atoms with Crippen LogP contribution in [0.4, 0.5) is 17.1 Å². The van der Waals surface area contributed by atoms with Gasteiger partial charge < -0.3 is 9.32 Å². The van der Waals surface area contributed by atoms with E-state index in [9.17, 15) is 0 Å². The molecule has 0 atom stereocenters. The molecule has 9 aromatic rings. The van der Waals surface area contributed by atoms with Gasteiger partial charge in [0, 0.05) is 40.4 Å². The van der Waals surface area contributed by atoms with Crippen molar-refractivity contribution in [1.82, 2.24) is 0 Å². The van der Waals surface area contributed by atoms with Crippen molar-refractivity contribution < 1.29 is 4.42 Å². The molecule has 2 heteroatoms. The van der Waals surface area contributed by atoms with Crippen molar-refractivity contribution in [3.8, 4) is 22.3 Å². The number of benzene rings is 8. The highest BCUT2D eigenvalue weighted by atomic mass is 16.3. The van der Waals surface area contributed by atoms with Crippen LogP contribution in [0, 0.1) is 0 Å². The molecule has 1 aromatic heterocycles. The molecule has 1 fully saturated rings. The Kier molecular flexibility index (Phi) is 8.66. The molecule has 0 spiro atoms. The van der Waals surface area contributed by atoms with Gasteiger partial charge in [-0.25, -0.2) is 0 Å². The fourth-order valence-corrected chi connectivity index (χ4v) is 11.3. The summed E-state index contributed by atoms with van der Waals surface area (Å²) in [6.45, 7) is 0. The summed E-state index contributed by atoms with van der Waals surface area (Å²) in [5.41, 5.74) is 16.8. The second kappa shape index (κ2) is 14.7. The smallest absolute Gasteiger partial charge is 0.137 e. The number of para-hydroxylation sites is 1. The van der Waals surface area contributed by atoms with Crippen LogP contribution in [0.15, 0.2) is 192 Å². The first-order valence-electron chi connectivity index (χ1n) is 22.3. The lowest BCUT2D eigenvalue weighted by Crippen LogP contribution is -2.28. The van der Waals surface area contributed by atoms with Crippen molar-refractivity contribution >= 4 is 44.9 Å². The minimum Gasteiger partial charge on any atom is -0.460 e. The summed E-state index contributed by atoms with van der Waals surface area (Å²) < 4.78 is 6.65. The van der Waals surface area contributed by atoms with Gasteiger partial charge in [0.1, 0.15) is 11.3 Å². The number of anilines is 3. The third kappa shape index (κ3) is 5.69. The molecule has 0 radical (unpaired) electrons. The number of allylic oxidation sites excluding steroid dienone is 1. The average Bonchev–Trinajstić information content (AvgIpc) is 3.86. The molecule has 3 aliphatic carbocycles. The first-order chi connectivity index (χ1) is 30.3. The quantitative estimate of drug-likeness (QED) is 0.160. The summed E-state index contributed by atoms with van der Waals surface area (Å²) in [6, 6.07) is 68.2. The Labute approximate surface area is 358 Å². The van der Waals surface area contributed by atoms with E-state index in [0.717, 1.165) is 41.2 Å². The van der Waals surface area contributed by atoms with Crippen molar-refractivity contribution in [2.45, 2.75) is 56.3 Å². The predicted octanol–water partition coefficient (Wildman–Crippen LogP) is 16.1. The SMILES string of the molecule is C1=Cc2c(oc3cc(N(c4ccc(C5(c6ccccc6)c6ccccc6-c6ccccc65)cc4)c4ccccc4-c4cccc5cccc(C6CCCCC6)c45)ccc23)CC1. The Morgan fingerprint density at radius 2 is 1.16 bits per heavy atom. The number of fused-ring (bicyclic) bond motifs is 7. The molecule has 1 heterocycles. The minimum atomic E-state index is -0.464. The fourth-order valence-electron chi connectivity index (χ4n) is 11.3. The number of furan rings is 1. The van der Waals surface area contributed by atoms with Crippen molar-refractivity contribution in [3.05, 3.63) is 227 Å². The standard InChI is InChI=1S/C59H47NO/c1-3-17-40(18-4-1)46-27-15-19-41-20-16-28-52(58(41)46)49-25-9-13-31-55(49)60(45-37-38-51-50-26-10-14-32-56(50)61-57(51)39-45)44-35-33-43(34-36-44)59(42-21-5-2-6-22-42)53-29-11-7-23-47(53)48-24-8-12-30-54(48)59/h2,5-13,15-16,19-31,33-40H,1,3-4,14,17-18,32H2. The zero-order valence-corrected chi connectivity index (χ0v) is 34.4. The zero-order chi connectivity index (χ0) is 40.3. The Morgan fingerprint density at radius 3 is 1.93 bits per heavy atom. The van der Waals surface area contributed by atoms with Gasteiger partial charge in [-0.2, -0.15) is 0 Å². The number of hydrogen-bond donors (Lipinski definition) is 0. The van der Waals surface area contributed by atoms with Crippen LogP contribution in [-0.4, -0.2) is 0 Å². The molecular weight excluding hydrogens is 739 g/mol. The van der Waals surface area contributed by atoms with Gasteiger partial charge >= 0.3 is 0 Å². The monoisotopic (exact) mass is 785 g/mol. The van der Waals surface area contributed by atoms with Gasteiger partial charge in [-0.15, -0.1) is 0 Å². The normalized spacial score (nSPS) is 15.4. The highest BCUT2D eigenvalue weighted by molar-refractivity contribution is 6.04. The lowest BCUT2D eigenvalue weighted by molar-refractivity contribution is 0.445. The van der Waals surface area contributed by atoms with Crippen LogP contribution in [0.25, 0.3) is 50.1 Å². The molecule has 2 nitrogen and oxygen atoms in total. The van der Waals surface area contributed by atoms with E-state index < -0.39 is 5.41 Å². The molecule has 1 saturated carbocycles. The fraction of sp³-hybridized carbons (Fsp3) is 0.153. The van der Waals surface area contributed by atoms with Crippen LogP contribution in [0.5, 0.6) is 0 Å². The summed E-state index contributed by atoms with van der Waals surface area (Å²) in [5.74, 6) is 1.67.